The van der Waals surface area contributed by atoms with Gasteiger partial charge >= 0.3 is 47.8 Å². The van der Waals surface area contributed by atoms with Gasteiger partial charge in [-0.1, -0.05) is 137 Å². The minimum absolute atomic E-state index is 0.0681. The van der Waals surface area contributed by atoms with E-state index in [1.165, 1.54) is 34.6 Å². The summed E-state index contributed by atoms with van der Waals surface area (Å²) < 4.78 is 76.5. The van der Waals surface area contributed by atoms with Crippen molar-refractivity contribution in [3.8, 4) is 0 Å². The number of aliphatic imine (C=N–C) groups is 1. The van der Waals surface area contributed by atoms with Gasteiger partial charge in [-0.15, -0.1) is 0 Å². The molecule has 0 amide bonds. The lowest BCUT2D eigenvalue weighted by atomic mass is 9.79. The number of carboxylic acids is 1. The topological polar surface area (TPSA) is 319 Å². The minimum atomic E-state index is -0.786. The highest BCUT2D eigenvalue weighted by Gasteiger charge is 2.47. The van der Waals surface area contributed by atoms with Gasteiger partial charge < -0.3 is 76.5 Å². The zero-order valence-electron chi connectivity index (χ0n) is 62.9. The Bertz CT molecular complexity index is 2790. The van der Waals surface area contributed by atoms with Gasteiger partial charge in [0.05, 0.1) is 24.4 Å². The van der Waals surface area contributed by atoms with Crippen LogP contribution in [0.4, 0.5) is 0 Å². The number of nitrogens with zero attached hydrogens (tertiary/aromatic N) is 1. The minimum Gasteiger partial charge on any atom is -0.481 e. The van der Waals surface area contributed by atoms with Crippen molar-refractivity contribution in [3.63, 3.8) is 0 Å². The molecule has 5 aliphatic heterocycles. The molecule has 4 saturated heterocycles. The second kappa shape index (κ2) is 47.6. The zero-order valence-corrected chi connectivity index (χ0v) is 62.9. The van der Waals surface area contributed by atoms with Gasteiger partial charge in [-0.25, -0.2) is 4.99 Å². The number of carbonyl (C=O) groups is 8. The average Bonchev–Trinajstić information content (AvgIpc) is 1.75. The third kappa shape index (κ3) is 33.6. The first-order valence-corrected chi connectivity index (χ1v) is 35.8. The second-order valence-electron chi connectivity index (χ2n) is 27.2. The summed E-state index contributed by atoms with van der Waals surface area (Å²) in [5.41, 5.74) is 1.98. The average molecular weight is 1430 g/mol. The fraction of sp³-hybridized carbons (Fsp3) is 0.724. The number of aliphatic carboxylic acids is 1. The molecule has 2 aromatic rings. The van der Waals surface area contributed by atoms with E-state index in [1.807, 2.05) is 74.5 Å². The van der Waals surface area contributed by atoms with Crippen LogP contribution in [-0.2, 0) is 118 Å². The molecule has 20 atom stereocenters. The summed E-state index contributed by atoms with van der Waals surface area (Å²) in [5.74, 6) is 1.05. The van der Waals surface area contributed by atoms with Gasteiger partial charge in [0.25, 0.3) is 0 Å². The van der Waals surface area contributed by atoms with Crippen molar-refractivity contribution in [2.75, 3.05) is 46.2 Å². The maximum Gasteiger partial charge on any atom is 0.306 e. The number of esters is 7. The Balaban J connectivity index is 0.000000335. The molecule has 5 heterocycles. The van der Waals surface area contributed by atoms with Crippen molar-refractivity contribution < 1.29 is 115 Å². The Morgan fingerprint density at radius 3 is 1.12 bits per heavy atom. The molecule has 7 rings (SSSR count). The van der Waals surface area contributed by atoms with E-state index in [4.69, 9.17) is 76.5 Å². The monoisotopic (exact) mass is 1430 g/mol. The van der Waals surface area contributed by atoms with Gasteiger partial charge in [-0.05, 0) is 97.0 Å². The molecule has 4 fully saturated rings. The first-order valence-electron chi connectivity index (χ1n) is 35.8. The Kier molecular flexibility index (Phi) is 41.8. The lowest BCUT2D eigenvalue weighted by Gasteiger charge is -2.43. The summed E-state index contributed by atoms with van der Waals surface area (Å²) in [7, 11) is 0. The number of hydrogen-bond donors (Lipinski definition) is 2. The normalized spacial score (nSPS) is 29.2. The highest BCUT2D eigenvalue weighted by molar-refractivity contribution is 5.75. The number of aliphatic hydroxyl groups excluding tert-OH is 1. The van der Waals surface area contributed by atoms with Gasteiger partial charge in [0.1, 0.15) is 45.7 Å². The molecule has 0 radical (unpaired) electrons. The SMILES string of the molecule is CC(=O)OCC1O[C@@H](OC(C)=O)[C@@H](C)C(C)[C@H]1C.CC(=O)OCC1O[C@@H](OCCCCC(=O)O)[C@@H](C)C(C)[C@H]1C.CC(=O)OCC1O[C@@H](OCCCCC(=O)OCc2ccccc2)[C@@H](C)C(C)[C@H]1C.CC(=O)OCC1O[C@H]2OC(C)=N[C@H]2C(C)[C@H]1C.O=C(CCCCO)OCc1ccccc1. The molecule has 8 unspecified atom stereocenters. The molecular formula is C76H119NO24. The van der Waals surface area contributed by atoms with Gasteiger partial charge in [0.15, 0.2) is 18.5 Å². The van der Waals surface area contributed by atoms with Crippen LogP contribution in [0.5, 0.6) is 0 Å². The number of fused-ring (bicyclic) bond motifs is 1. The summed E-state index contributed by atoms with van der Waals surface area (Å²) in [6, 6.07) is 19.3. The molecule has 0 aliphatic carbocycles. The van der Waals surface area contributed by atoms with Crippen LogP contribution < -0.4 is 0 Å². The molecule has 25 heteroatoms. The molecule has 0 saturated carbocycles. The Morgan fingerprint density at radius 2 is 0.752 bits per heavy atom. The summed E-state index contributed by atoms with van der Waals surface area (Å²) >= 11 is 0. The summed E-state index contributed by atoms with van der Waals surface area (Å²) in [6.07, 6.45) is 2.78. The van der Waals surface area contributed by atoms with Crippen molar-refractivity contribution >= 4 is 53.7 Å². The fourth-order valence-electron chi connectivity index (χ4n) is 11.8. The first kappa shape index (κ1) is 88.6. The smallest absolute Gasteiger partial charge is 0.306 e. The number of unbranched alkanes of at least 4 members (excludes halogenated alkanes) is 3. The Hall–Kier alpha value is -6.61. The van der Waals surface area contributed by atoms with Crippen molar-refractivity contribution in [3.05, 3.63) is 71.8 Å². The number of rotatable bonds is 29. The number of carbonyl (C=O) groups excluding carboxylic acids is 7. The second-order valence-corrected chi connectivity index (χ2v) is 27.2. The molecule has 101 heavy (non-hydrogen) atoms. The van der Waals surface area contributed by atoms with Crippen LogP contribution in [0.3, 0.4) is 0 Å². The number of benzene rings is 2. The predicted molar refractivity (Wildman–Crippen MR) is 372 cm³/mol. The van der Waals surface area contributed by atoms with E-state index in [2.05, 4.69) is 74.2 Å². The van der Waals surface area contributed by atoms with Crippen LogP contribution in [0.15, 0.2) is 65.7 Å². The molecule has 0 bridgehead atoms. The standard InChI is InChI=1S/C23H34O6.C16H28O6.C13H22O5.C12H19NO4.C12H16O3/c1-16-17(2)21(15-27-19(4)24)29-23(18(16)3)26-13-9-8-12-22(25)28-14-20-10-6-5-7-11-20;1-10-11(2)14(9-21-13(4)17)22-16(12(10)3)20-8-6-5-7-15(18)19;1-7-8(2)12(6-16-10(4)14)18-13(9(7)3)17-11(5)15;1-6-7(2)11-12(16-8(3)13-11)17-10(6)5-15-9(4)14;13-9-5-4-8-12(14)15-10-11-6-2-1-3-7-11/h5-7,10-11,16-18,21,23H,8-9,12-15H2,1-4H3;10-12,14,16H,5-9H2,1-4H3,(H,18,19);7-9,12-13H,6H2,1-5H3;6-7,10-12H,5H2,1-4H3;1-3,6-7,13H,4-5,8-10H2/t16?,17-,18+,21?,23-;10?,11-,12+,14?,16-;7?,8-,9+,12?,13-;6-,7?,10?,11+,12-;/m1111./s1. The molecule has 0 aromatic heterocycles. The first-order chi connectivity index (χ1) is 47.8. The summed E-state index contributed by atoms with van der Waals surface area (Å²) in [4.78, 5) is 92.7. The molecule has 25 nitrogen and oxygen atoms in total. The van der Waals surface area contributed by atoms with Crippen LogP contribution in [0.2, 0.25) is 0 Å². The van der Waals surface area contributed by atoms with Crippen molar-refractivity contribution in [1.82, 2.24) is 0 Å². The van der Waals surface area contributed by atoms with E-state index in [9.17, 15) is 38.4 Å². The largest absolute Gasteiger partial charge is 0.481 e. The lowest BCUT2D eigenvalue weighted by molar-refractivity contribution is -0.255. The van der Waals surface area contributed by atoms with Crippen molar-refractivity contribution in [2.45, 2.75) is 244 Å². The van der Waals surface area contributed by atoms with Crippen LogP contribution >= 0.6 is 0 Å². The van der Waals surface area contributed by atoms with E-state index >= 15 is 0 Å². The molecular weight excluding hydrogens is 1310 g/mol. The summed E-state index contributed by atoms with van der Waals surface area (Å²) in [6.45, 7) is 34.6. The number of aliphatic hydroxyl groups is 1. The molecule has 2 N–H and O–H groups in total. The van der Waals surface area contributed by atoms with Crippen LogP contribution in [0.1, 0.15) is 187 Å². The maximum atomic E-state index is 11.9. The van der Waals surface area contributed by atoms with Crippen molar-refractivity contribution in [1.29, 1.82) is 0 Å². The highest BCUT2D eigenvalue weighted by atomic mass is 16.7. The van der Waals surface area contributed by atoms with Gasteiger partial charge in [0, 0.05) is 98.4 Å². The molecule has 5 aliphatic rings. The molecule has 2 aromatic carbocycles. The van der Waals surface area contributed by atoms with Crippen LogP contribution in [-0.4, -0.2) is 166 Å². The summed E-state index contributed by atoms with van der Waals surface area (Å²) in [5, 5.41) is 17.1. The third-order valence-corrected chi connectivity index (χ3v) is 19.6. The molecule has 0 spiro atoms. The van der Waals surface area contributed by atoms with Gasteiger partial charge in [0.2, 0.25) is 12.6 Å². The number of ether oxygens (including phenoxy) is 14. The lowest BCUT2D eigenvalue weighted by Crippen LogP contribution is -2.49. The van der Waals surface area contributed by atoms with Gasteiger partial charge in [-0.2, -0.15) is 0 Å². The van der Waals surface area contributed by atoms with E-state index in [0.29, 0.717) is 101 Å². The quantitative estimate of drug-likeness (QED) is 0.0434. The predicted octanol–water partition coefficient (Wildman–Crippen LogP) is 11.6. The highest BCUT2D eigenvalue weighted by Crippen LogP contribution is 2.39. The Labute approximate surface area is 598 Å². The van der Waals surface area contributed by atoms with E-state index in [-0.39, 0.29) is 172 Å². The van der Waals surface area contributed by atoms with E-state index in [0.717, 1.165) is 17.5 Å². The van der Waals surface area contributed by atoms with Crippen LogP contribution in [0, 0.1) is 65.1 Å². The van der Waals surface area contributed by atoms with Crippen LogP contribution in [0.25, 0.3) is 0 Å². The third-order valence-electron chi connectivity index (χ3n) is 19.6. The number of carboxylic acid groups (broad SMARTS) is 1. The number of hydrogen-bond acceptors (Lipinski definition) is 24. The zero-order chi connectivity index (χ0) is 75.3. The molecule has 572 valence electrons. The van der Waals surface area contributed by atoms with Crippen molar-refractivity contribution in [2.24, 2.45) is 70.1 Å². The van der Waals surface area contributed by atoms with Gasteiger partial charge in [-0.3, -0.25) is 38.4 Å². The maximum absolute atomic E-state index is 11.9. The fourth-order valence-corrected chi connectivity index (χ4v) is 11.8. The van der Waals surface area contributed by atoms with E-state index in [1.54, 1.807) is 0 Å². The Morgan fingerprint density at radius 1 is 0.406 bits per heavy atom. The van der Waals surface area contributed by atoms with E-state index < -0.39 is 12.3 Å².